The molecule has 0 fully saturated rings. The van der Waals surface area contributed by atoms with E-state index in [1.165, 1.54) is 0 Å². The summed E-state index contributed by atoms with van der Waals surface area (Å²) >= 11 is 0. The molecule has 0 aromatic heterocycles. The van der Waals surface area contributed by atoms with Crippen LogP contribution in [0.5, 0.6) is 0 Å². The first-order chi connectivity index (χ1) is 4.26. The molecule has 0 bridgehead atoms. The summed E-state index contributed by atoms with van der Waals surface area (Å²) in [6.45, 7) is 4.02. The first kappa shape index (κ1) is 8.47. The zero-order valence-corrected chi connectivity index (χ0v) is 6.35. The Kier molecular flexibility index (Phi) is 4.10. The summed E-state index contributed by atoms with van der Waals surface area (Å²) in [7, 11) is 1.56. The molecule has 0 saturated carbocycles. The summed E-state index contributed by atoms with van der Waals surface area (Å²) in [5, 5.41) is 3.59. The van der Waals surface area contributed by atoms with Gasteiger partial charge in [-0.15, -0.1) is 0 Å². The second-order valence-corrected chi connectivity index (χ2v) is 2.08. The van der Waals surface area contributed by atoms with Gasteiger partial charge in [-0.3, -0.25) is 10.1 Å². The van der Waals surface area contributed by atoms with E-state index in [1.807, 2.05) is 13.8 Å². The van der Waals surface area contributed by atoms with Crippen LogP contribution >= 0.6 is 0 Å². The first-order valence-corrected chi connectivity index (χ1v) is 3.39. The van der Waals surface area contributed by atoms with Gasteiger partial charge in [0, 0.05) is 13.0 Å². The van der Waals surface area contributed by atoms with Crippen molar-refractivity contribution in [2.75, 3.05) is 7.05 Å². The predicted molar refractivity (Wildman–Crippen MR) is 37.1 cm³/mol. The van der Waals surface area contributed by atoms with Gasteiger partial charge in [0.1, 0.15) is 0 Å². The molecule has 0 aliphatic carbocycles. The van der Waals surface area contributed by atoms with Crippen LogP contribution in [0, 0.1) is 5.92 Å². The summed E-state index contributed by atoms with van der Waals surface area (Å²) in [6.07, 6.45) is 1.82. The Bertz CT molecular complexity index is 86.9. The molecule has 2 heteroatoms. The minimum absolute atomic E-state index is 0.0417. The molecule has 1 amide bonds. The van der Waals surface area contributed by atoms with Crippen molar-refractivity contribution in [3.05, 3.63) is 0 Å². The molecule has 0 spiro atoms. The van der Waals surface area contributed by atoms with Crippen molar-refractivity contribution in [2.24, 2.45) is 5.92 Å². The van der Waals surface area contributed by atoms with E-state index in [-0.39, 0.29) is 11.8 Å². The molecule has 0 aromatic carbocycles. The molecule has 0 rings (SSSR count). The smallest absolute Gasteiger partial charge is 0.243 e. The van der Waals surface area contributed by atoms with E-state index >= 15 is 0 Å². The Morgan fingerprint density at radius 3 is 2.00 bits per heavy atom. The van der Waals surface area contributed by atoms with Crippen LogP contribution in [0.15, 0.2) is 0 Å². The van der Waals surface area contributed by atoms with Gasteiger partial charge in [-0.1, -0.05) is 13.8 Å². The summed E-state index contributed by atoms with van der Waals surface area (Å²) in [5.74, 6) is 0.204. The molecule has 0 aliphatic rings. The van der Waals surface area contributed by atoms with Gasteiger partial charge in [0.25, 0.3) is 0 Å². The standard InChI is InChI=1S/C7H14NO/c1-4-6(5-2)7(9)8-3/h6H,4-5H2,1-3H3. The molecule has 2 nitrogen and oxygen atoms in total. The largest absolute Gasteiger partial charge is 0.273 e. The Balaban J connectivity index is 3.64. The van der Waals surface area contributed by atoms with Crippen LogP contribution in [0.25, 0.3) is 0 Å². The topological polar surface area (TPSA) is 31.2 Å². The molecule has 0 N–H and O–H groups in total. The van der Waals surface area contributed by atoms with Crippen LogP contribution in [0.4, 0.5) is 0 Å². The van der Waals surface area contributed by atoms with Gasteiger partial charge in [0.15, 0.2) is 0 Å². The zero-order valence-electron chi connectivity index (χ0n) is 6.35. The van der Waals surface area contributed by atoms with E-state index in [2.05, 4.69) is 5.32 Å². The third-order valence-corrected chi connectivity index (χ3v) is 1.56. The summed E-state index contributed by atoms with van der Waals surface area (Å²) < 4.78 is 0. The molecule has 9 heavy (non-hydrogen) atoms. The first-order valence-electron chi connectivity index (χ1n) is 3.39. The molecule has 1 radical (unpaired) electrons. The van der Waals surface area contributed by atoms with Gasteiger partial charge in [-0.25, -0.2) is 0 Å². The van der Waals surface area contributed by atoms with Crippen molar-refractivity contribution in [1.82, 2.24) is 5.32 Å². The molecule has 0 saturated heterocycles. The molecule has 0 unspecified atom stereocenters. The van der Waals surface area contributed by atoms with Crippen molar-refractivity contribution in [2.45, 2.75) is 26.7 Å². The Morgan fingerprint density at radius 2 is 1.89 bits per heavy atom. The SMILES string of the molecule is CCC(CC)C(=O)[N]C. The number of carbonyl (C=O) groups is 1. The van der Waals surface area contributed by atoms with Crippen molar-refractivity contribution in [3.63, 3.8) is 0 Å². The second kappa shape index (κ2) is 4.36. The molecule has 0 heterocycles. The maximum absolute atomic E-state index is 10.8. The lowest BCUT2D eigenvalue weighted by atomic mass is 10.0. The third-order valence-electron chi connectivity index (χ3n) is 1.56. The van der Waals surface area contributed by atoms with Crippen molar-refractivity contribution >= 4 is 5.91 Å². The number of nitrogens with zero attached hydrogens (tertiary/aromatic N) is 1. The number of carbonyl (C=O) groups excluding carboxylic acids is 1. The van der Waals surface area contributed by atoms with Gasteiger partial charge in [-0.2, -0.15) is 0 Å². The normalized spacial score (nSPS) is 9.78. The van der Waals surface area contributed by atoms with Crippen LogP contribution in [0.2, 0.25) is 0 Å². The van der Waals surface area contributed by atoms with Crippen LogP contribution < -0.4 is 5.32 Å². The Labute approximate surface area is 56.6 Å². The molecule has 0 aromatic rings. The van der Waals surface area contributed by atoms with E-state index < -0.39 is 0 Å². The van der Waals surface area contributed by atoms with Gasteiger partial charge >= 0.3 is 0 Å². The number of rotatable bonds is 3. The highest BCUT2D eigenvalue weighted by atomic mass is 16.1. The minimum atomic E-state index is 0.0417. The van der Waals surface area contributed by atoms with Crippen molar-refractivity contribution < 1.29 is 4.79 Å². The van der Waals surface area contributed by atoms with Crippen LogP contribution in [-0.4, -0.2) is 13.0 Å². The van der Waals surface area contributed by atoms with E-state index in [9.17, 15) is 4.79 Å². The maximum Gasteiger partial charge on any atom is 0.243 e. The fraction of sp³-hybridized carbons (Fsp3) is 0.857. The van der Waals surface area contributed by atoms with E-state index in [1.54, 1.807) is 7.05 Å². The zero-order chi connectivity index (χ0) is 7.28. The van der Waals surface area contributed by atoms with Gasteiger partial charge in [0.05, 0.1) is 0 Å². The lowest BCUT2D eigenvalue weighted by Gasteiger charge is -2.06. The van der Waals surface area contributed by atoms with Gasteiger partial charge in [-0.05, 0) is 12.8 Å². The average molecular weight is 128 g/mol. The average Bonchev–Trinajstić information content (AvgIpc) is 1.90. The quantitative estimate of drug-likeness (QED) is 0.561. The molecular formula is C7H14NO. The molecule has 53 valence electrons. The number of hydrogen-bond donors (Lipinski definition) is 0. The highest BCUT2D eigenvalue weighted by molar-refractivity contribution is 5.77. The fourth-order valence-corrected chi connectivity index (χ4v) is 0.820. The van der Waals surface area contributed by atoms with Gasteiger partial charge < -0.3 is 0 Å². The van der Waals surface area contributed by atoms with E-state index in [0.717, 1.165) is 12.8 Å². The molecule has 0 aliphatic heterocycles. The summed E-state index contributed by atoms with van der Waals surface area (Å²) in [6, 6.07) is 0. The van der Waals surface area contributed by atoms with Crippen LogP contribution in [0.1, 0.15) is 26.7 Å². The monoisotopic (exact) mass is 128 g/mol. The summed E-state index contributed by atoms with van der Waals surface area (Å²) in [5.41, 5.74) is 0. The minimum Gasteiger partial charge on any atom is -0.273 e. The third kappa shape index (κ3) is 2.49. The Morgan fingerprint density at radius 1 is 1.44 bits per heavy atom. The highest BCUT2D eigenvalue weighted by Crippen LogP contribution is 2.06. The Hall–Kier alpha value is -0.530. The van der Waals surface area contributed by atoms with Crippen molar-refractivity contribution in [1.29, 1.82) is 0 Å². The van der Waals surface area contributed by atoms with E-state index in [0.29, 0.717) is 0 Å². The molecule has 0 atom stereocenters. The van der Waals surface area contributed by atoms with Crippen molar-refractivity contribution in [3.8, 4) is 0 Å². The fourth-order valence-electron chi connectivity index (χ4n) is 0.820. The molecular weight excluding hydrogens is 114 g/mol. The summed E-state index contributed by atoms with van der Waals surface area (Å²) in [4.78, 5) is 10.8. The number of hydrogen-bond acceptors (Lipinski definition) is 1. The van der Waals surface area contributed by atoms with E-state index in [4.69, 9.17) is 0 Å². The predicted octanol–water partition coefficient (Wildman–Crippen LogP) is 1.18. The lowest BCUT2D eigenvalue weighted by Crippen LogP contribution is -2.20. The highest BCUT2D eigenvalue weighted by Gasteiger charge is 2.11. The van der Waals surface area contributed by atoms with Crippen LogP contribution in [0.3, 0.4) is 0 Å². The second-order valence-electron chi connectivity index (χ2n) is 2.08. The number of amides is 1. The lowest BCUT2D eigenvalue weighted by molar-refractivity contribution is -0.124. The van der Waals surface area contributed by atoms with Gasteiger partial charge in [0.2, 0.25) is 5.91 Å². The van der Waals surface area contributed by atoms with Crippen LogP contribution in [-0.2, 0) is 4.79 Å². The maximum atomic E-state index is 10.8.